The molecule has 0 saturated carbocycles. The van der Waals surface area contributed by atoms with E-state index in [2.05, 4.69) is 9.97 Å². The summed E-state index contributed by atoms with van der Waals surface area (Å²) in [6, 6.07) is 11.2. The van der Waals surface area contributed by atoms with Crippen molar-refractivity contribution in [1.29, 1.82) is 5.26 Å². The molecular formula is C14H12N4O2S. The van der Waals surface area contributed by atoms with Crippen LogP contribution >= 0.6 is 0 Å². The van der Waals surface area contributed by atoms with E-state index in [0.29, 0.717) is 0 Å². The van der Waals surface area contributed by atoms with Gasteiger partial charge in [0.25, 0.3) is 0 Å². The molecule has 0 aliphatic heterocycles. The monoisotopic (exact) mass is 300 g/mol. The lowest BCUT2D eigenvalue weighted by molar-refractivity contribution is 0.593. The maximum Gasteiger partial charge on any atom is 0.249 e. The molecule has 21 heavy (non-hydrogen) atoms. The molecule has 0 aliphatic carbocycles. The molecule has 106 valence electrons. The molecule has 0 fully saturated rings. The number of nitriles is 1. The Labute approximate surface area is 122 Å². The van der Waals surface area contributed by atoms with Crippen LogP contribution in [0.5, 0.6) is 0 Å². The quantitative estimate of drug-likeness (QED) is 0.860. The molecule has 0 unspecified atom stereocenters. The van der Waals surface area contributed by atoms with Gasteiger partial charge in [0.05, 0.1) is 5.69 Å². The van der Waals surface area contributed by atoms with E-state index < -0.39 is 15.0 Å². The Hall–Kier alpha value is -2.72. The third-order valence-corrected chi connectivity index (χ3v) is 3.47. The molecule has 0 amide bonds. The molecule has 0 saturated heterocycles. The van der Waals surface area contributed by atoms with Crippen LogP contribution in [0.4, 0.5) is 5.82 Å². The van der Waals surface area contributed by atoms with Gasteiger partial charge in [-0.2, -0.15) is 10.2 Å². The number of nitrogens with zero attached hydrogens (tertiary/aromatic N) is 3. The zero-order valence-electron chi connectivity index (χ0n) is 11.2. The average Bonchev–Trinajstić information content (AvgIpc) is 2.44. The Balaban J connectivity index is 2.54. The molecule has 7 heteroatoms. The molecule has 1 aromatic carbocycles. The smallest absolute Gasteiger partial charge is 0.249 e. The van der Waals surface area contributed by atoms with Gasteiger partial charge in [0, 0.05) is 6.26 Å². The number of hydrogen-bond acceptors (Lipinski definition) is 6. The minimum atomic E-state index is -3.60. The van der Waals surface area contributed by atoms with Crippen LogP contribution in [0.15, 0.2) is 35.5 Å². The van der Waals surface area contributed by atoms with E-state index in [-0.39, 0.29) is 17.1 Å². The van der Waals surface area contributed by atoms with Crippen molar-refractivity contribution in [2.24, 2.45) is 0 Å². The standard InChI is InChI=1S/C14H12N4O2S/c1-21(19,20)14-17-12(11(9-15)13(16)18-14)8-7-10-5-3-2-4-6-10/h2-8H,1H3,(H2,16,17,18)/b8-7-. The lowest BCUT2D eigenvalue weighted by Gasteiger charge is -2.04. The highest BCUT2D eigenvalue weighted by molar-refractivity contribution is 7.90. The van der Waals surface area contributed by atoms with E-state index in [9.17, 15) is 8.42 Å². The van der Waals surface area contributed by atoms with E-state index in [1.807, 2.05) is 36.4 Å². The van der Waals surface area contributed by atoms with Crippen molar-refractivity contribution in [1.82, 2.24) is 9.97 Å². The lowest BCUT2D eigenvalue weighted by atomic mass is 10.1. The van der Waals surface area contributed by atoms with E-state index in [1.54, 1.807) is 12.2 Å². The predicted octanol–water partition coefficient (Wildman–Crippen LogP) is 1.50. The fourth-order valence-corrected chi connectivity index (χ4v) is 2.14. The summed E-state index contributed by atoms with van der Waals surface area (Å²) < 4.78 is 23.0. The van der Waals surface area contributed by atoms with Crippen LogP contribution in [0.3, 0.4) is 0 Å². The number of anilines is 1. The molecule has 2 aromatic rings. The van der Waals surface area contributed by atoms with Crippen molar-refractivity contribution in [3.05, 3.63) is 47.2 Å². The number of aromatic nitrogens is 2. The highest BCUT2D eigenvalue weighted by Gasteiger charge is 2.17. The first-order valence-electron chi connectivity index (χ1n) is 5.92. The van der Waals surface area contributed by atoms with Gasteiger partial charge in [-0.25, -0.2) is 13.4 Å². The van der Waals surface area contributed by atoms with Crippen LogP contribution in [0.25, 0.3) is 12.2 Å². The topological polar surface area (TPSA) is 110 Å². The summed E-state index contributed by atoms with van der Waals surface area (Å²) in [5, 5.41) is 8.70. The van der Waals surface area contributed by atoms with Gasteiger partial charge in [-0.05, 0) is 11.6 Å². The van der Waals surface area contributed by atoms with Crippen LogP contribution < -0.4 is 5.73 Å². The summed E-state index contributed by atoms with van der Waals surface area (Å²) in [4.78, 5) is 7.56. The first-order valence-corrected chi connectivity index (χ1v) is 7.82. The van der Waals surface area contributed by atoms with Gasteiger partial charge < -0.3 is 5.73 Å². The Morgan fingerprint density at radius 1 is 1.19 bits per heavy atom. The molecule has 0 aliphatic rings. The van der Waals surface area contributed by atoms with Crippen LogP contribution in [0.1, 0.15) is 16.8 Å². The number of benzene rings is 1. The van der Waals surface area contributed by atoms with Crippen LogP contribution in [0, 0.1) is 11.3 Å². The predicted molar refractivity (Wildman–Crippen MR) is 79.6 cm³/mol. The highest BCUT2D eigenvalue weighted by atomic mass is 32.2. The maximum absolute atomic E-state index is 11.5. The molecule has 0 bridgehead atoms. The third kappa shape index (κ3) is 3.43. The van der Waals surface area contributed by atoms with Gasteiger partial charge in [0.2, 0.25) is 15.0 Å². The second-order valence-electron chi connectivity index (χ2n) is 4.28. The zero-order chi connectivity index (χ0) is 15.5. The number of rotatable bonds is 3. The van der Waals surface area contributed by atoms with E-state index >= 15 is 0 Å². The Morgan fingerprint density at radius 2 is 1.86 bits per heavy atom. The van der Waals surface area contributed by atoms with Crippen molar-refractivity contribution < 1.29 is 8.42 Å². The number of sulfone groups is 1. The zero-order valence-corrected chi connectivity index (χ0v) is 12.0. The molecule has 1 aromatic heterocycles. The van der Waals surface area contributed by atoms with E-state index in [4.69, 9.17) is 11.0 Å². The maximum atomic E-state index is 11.5. The molecule has 2 N–H and O–H groups in total. The minimum absolute atomic E-state index is 0.0505. The molecule has 2 rings (SSSR count). The van der Waals surface area contributed by atoms with Crippen molar-refractivity contribution >= 4 is 27.8 Å². The van der Waals surface area contributed by atoms with Gasteiger partial charge in [0.1, 0.15) is 17.5 Å². The molecule has 6 nitrogen and oxygen atoms in total. The summed E-state index contributed by atoms with van der Waals surface area (Å²) in [6.45, 7) is 0. The SMILES string of the molecule is CS(=O)(=O)c1nc(N)c(C#N)c(/C=C\c2ccccc2)n1. The Bertz CT molecular complexity index is 837. The second-order valence-corrected chi connectivity index (χ2v) is 6.19. The number of nitrogens with two attached hydrogens (primary N) is 1. The van der Waals surface area contributed by atoms with Crippen molar-refractivity contribution in [2.45, 2.75) is 5.16 Å². The number of nitrogen functional groups attached to an aromatic ring is 1. The van der Waals surface area contributed by atoms with Gasteiger partial charge in [-0.1, -0.05) is 36.4 Å². The van der Waals surface area contributed by atoms with E-state index in [1.165, 1.54) is 0 Å². The minimum Gasteiger partial charge on any atom is -0.382 e. The summed E-state index contributed by atoms with van der Waals surface area (Å²) in [7, 11) is -3.60. The lowest BCUT2D eigenvalue weighted by Crippen LogP contribution is -2.10. The van der Waals surface area contributed by atoms with Gasteiger partial charge in [0.15, 0.2) is 0 Å². The third-order valence-electron chi connectivity index (χ3n) is 2.62. The molecule has 0 atom stereocenters. The number of hydrogen-bond donors (Lipinski definition) is 1. The first-order chi connectivity index (χ1) is 9.91. The van der Waals surface area contributed by atoms with Gasteiger partial charge in [-0.3, -0.25) is 0 Å². The van der Waals surface area contributed by atoms with Crippen molar-refractivity contribution in [2.75, 3.05) is 12.0 Å². The summed E-state index contributed by atoms with van der Waals surface area (Å²) in [5.41, 5.74) is 6.74. The average molecular weight is 300 g/mol. The largest absolute Gasteiger partial charge is 0.382 e. The fraction of sp³-hybridized carbons (Fsp3) is 0.0714. The Morgan fingerprint density at radius 3 is 2.43 bits per heavy atom. The normalized spacial score (nSPS) is 11.4. The fourth-order valence-electron chi connectivity index (χ4n) is 1.61. The summed E-state index contributed by atoms with van der Waals surface area (Å²) >= 11 is 0. The van der Waals surface area contributed by atoms with Gasteiger partial charge in [-0.15, -0.1) is 0 Å². The molecule has 0 spiro atoms. The van der Waals surface area contributed by atoms with Crippen LogP contribution in [-0.2, 0) is 9.84 Å². The van der Waals surface area contributed by atoms with Crippen LogP contribution in [-0.4, -0.2) is 24.6 Å². The summed E-state index contributed by atoms with van der Waals surface area (Å²) in [6.07, 6.45) is 4.24. The molecular weight excluding hydrogens is 288 g/mol. The van der Waals surface area contributed by atoms with E-state index in [0.717, 1.165) is 11.8 Å². The van der Waals surface area contributed by atoms with Crippen LogP contribution in [0.2, 0.25) is 0 Å². The van der Waals surface area contributed by atoms with Crippen molar-refractivity contribution in [3.8, 4) is 6.07 Å². The molecule has 0 radical (unpaired) electrons. The first kappa shape index (κ1) is 14.7. The second kappa shape index (κ2) is 5.73. The van der Waals surface area contributed by atoms with Crippen molar-refractivity contribution in [3.63, 3.8) is 0 Å². The summed E-state index contributed by atoms with van der Waals surface area (Å²) in [5.74, 6) is -0.152. The highest BCUT2D eigenvalue weighted by Crippen LogP contribution is 2.17. The van der Waals surface area contributed by atoms with Gasteiger partial charge >= 0.3 is 0 Å². The Kier molecular flexibility index (Phi) is 4.00. The molecule has 1 heterocycles.